The van der Waals surface area contributed by atoms with Crippen LogP contribution >= 0.6 is 0 Å². The largest absolute Gasteiger partial charge is 0.497 e. The quantitative estimate of drug-likeness (QED) is 0.319. The Morgan fingerprint density at radius 1 is 1.02 bits per heavy atom. The molecule has 0 spiro atoms. The molecular weight excluding hydrogens is 552 g/mol. The number of carbonyl (C=O) groups excluding carboxylic acids is 2. The normalized spacial score (nSPS) is 16.6. The summed E-state index contributed by atoms with van der Waals surface area (Å²) in [6.45, 7) is 2.60. The van der Waals surface area contributed by atoms with Crippen LogP contribution in [0.2, 0.25) is 0 Å². The maximum atomic E-state index is 14.3. The van der Waals surface area contributed by atoms with Gasteiger partial charge in [-0.1, -0.05) is 67.6 Å². The molecule has 0 aliphatic carbocycles. The van der Waals surface area contributed by atoms with Gasteiger partial charge in [0, 0.05) is 37.8 Å². The van der Waals surface area contributed by atoms with Crippen molar-refractivity contribution >= 4 is 32.7 Å². The third kappa shape index (κ3) is 6.20. The van der Waals surface area contributed by atoms with Gasteiger partial charge in [-0.2, -0.15) is 4.31 Å². The van der Waals surface area contributed by atoms with E-state index in [1.165, 1.54) is 15.3 Å². The second kappa shape index (κ2) is 12.8. The van der Waals surface area contributed by atoms with Crippen LogP contribution in [0.3, 0.4) is 0 Å². The van der Waals surface area contributed by atoms with E-state index in [0.717, 1.165) is 11.1 Å². The fourth-order valence-corrected chi connectivity index (χ4v) is 7.01. The van der Waals surface area contributed by atoms with Gasteiger partial charge in [0.05, 0.1) is 19.0 Å². The van der Waals surface area contributed by atoms with E-state index in [0.29, 0.717) is 23.2 Å². The minimum atomic E-state index is -4.13. The zero-order valence-corrected chi connectivity index (χ0v) is 24.5. The number of amides is 2. The Bertz CT molecular complexity index is 1660. The van der Waals surface area contributed by atoms with Gasteiger partial charge in [-0.05, 0) is 41.3 Å². The monoisotopic (exact) mass is 586 g/mol. The predicted molar refractivity (Wildman–Crippen MR) is 161 cm³/mol. The summed E-state index contributed by atoms with van der Waals surface area (Å²) in [5, 5.41) is 3.84. The molecule has 1 saturated heterocycles. The van der Waals surface area contributed by atoms with Gasteiger partial charge in [-0.15, -0.1) is 0 Å². The highest BCUT2D eigenvalue weighted by Gasteiger charge is 2.42. The average molecular weight is 587 g/mol. The summed E-state index contributed by atoms with van der Waals surface area (Å²) in [5.74, 6) is -0.462. The first kappa shape index (κ1) is 29.4. The minimum absolute atomic E-state index is 0.0165. The van der Waals surface area contributed by atoms with Crippen LogP contribution < -0.4 is 10.1 Å². The topological polar surface area (TPSA) is 109 Å². The number of aromatic nitrogens is 1. The van der Waals surface area contributed by atoms with Gasteiger partial charge in [0.1, 0.15) is 16.7 Å². The Labute approximate surface area is 246 Å². The number of methoxy groups -OCH3 is 1. The van der Waals surface area contributed by atoms with E-state index in [2.05, 4.69) is 10.3 Å². The van der Waals surface area contributed by atoms with E-state index < -0.39 is 27.9 Å². The molecule has 10 heteroatoms. The molecular formula is C32H34N4O5S. The molecule has 4 aromatic rings. The molecule has 3 aromatic carbocycles. The van der Waals surface area contributed by atoms with Crippen LogP contribution in [-0.2, 0) is 26.0 Å². The summed E-state index contributed by atoms with van der Waals surface area (Å²) in [5.41, 5.74) is 2.04. The molecule has 218 valence electrons. The molecule has 1 aromatic heterocycles. The average Bonchev–Trinajstić information content (AvgIpc) is 3.03. The molecule has 9 nitrogen and oxygen atoms in total. The molecule has 0 saturated carbocycles. The standard InChI is InChI=1S/C32H34N4O5S/c1-23(25-8-4-3-5-9-25)22-35(30(37)20-24-13-15-27(41-2)16-14-24)32(38)28-21-33-18-19-36(28)42(39,40)29-12-6-10-26-11-7-17-34-31(26)29/h3-17,23,28,33H,18-22H2,1-2H3. The molecule has 2 unspecified atom stereocenters. The fraction of sp³-hybridized carbons (Fsp3) is 0.281. The Morgan fingerprint density at radius 2 is 1.76 bits per heavy atom. The number of sulfonamides is 1. The lowest BCUT2D eigenvalue weighted by Gasteiger charge is -2.37. The first-order valence-electron chi connectivity index (χ1n) is 13.9. The van der Waals surface area contributed by atoms with E-state index in [-0.39, 0.29) is 36.9 Å². The highest BCUT2D eigenvalue weighted by atomic mass is 32.2. The number of hydrogen-bond acceptors (Lipinski definition) is 7. The summed E-state index contributed by atoms with van der Waals surface area (Å²) in [4.78, 5) is 33.7. The van der Waals surface area contributed by atoms with Crippen LogP contribution in [0.5, 0.6) is 5.75 Å². The number of hydrogen-bond donors (Lipinski definition) is 1. The molecule has 1 fully saturated rings. The second-order valence-electron chi connectivity index (χ2n) is 10.3. The van der Waals surface area contributed by atoms with Gasteiger partial charge >= 0.3 is 0 Å². The van der Waals surface area contributed by atoms with Gasteiger partial charge in [0.15, 0.2) is 0 Å². The van der Waals surface area contributed by atoms with Crippen molar-refractivity contribution in [2.45, 2.75) is 30.2 Å². The lowest BCUT2D eigenvalue weighted by molar-refractivity contribution is -0.147. The van der Waals surface area contributed by atoms with E-state index in [9.17, 15) is 18.0 Å². The van der Waals surface area contributed by atoms with E-state index >= 15 is 0 Å². The third-order valence-electron chi connectivity index (χ3n) is 7.57. The summed E-state index contributed by atoms with van der Waals surface area (Å²) < 4.78 is 34.6. The van der Waals surface area contributed by atoms with Gasteiger partial charge < -0.3 is 10.1 Å². The van der Waals surface area contributed by atoms with Crippen LogP contribution in [0.15, 0.2) is 96.0 Å². The number of nitrogens with one attached hydrogen (secondary N) is 1. The number of nitrogens with zero attached hydrogens (tertiary/aromatic N) is 3. The summed E-state index contributed by atoms with van der Waals surface area (Å²) >= 11 is 0. The first-order valence-corrected chi connectivity index (χ1v) is 15.3. The highest BCUT2D eigenvalue weighted by Crippen LogP contribution is 2.27. The number of ether oxygens (including phenoxy) is 1. The predicted octanol–water partition coefficient (Wildman–Crippen LogP) is 3.61. The van der Waals surface area contributed by atoms with Gasteiger partial charge in [0.25, 0.3) is 0 Å². The van der Waals surface area contributed by atoms with Crippen molar-refractivity contribution in [2.75, 3.05) is 33.3 Å². The lowest BCUT2D eigenvalue weighted by Crippen LogP contribution is -2.61. The maximum absolute atomic E-state index is 14.3. The SMILES string of the molecule is COc1ccc(CC(=O)N(CC(C)c2ccccc2)C(=O)C2CNCCN2S(=O)(=O)c2cccc3cccnc23)cc1. The number of carbonyl (C=O) groups is 2. The van der Waals surface area contributed by atoms with Crippen molar-refractivity contribution in [1.82, 2.24) is 19.5 Å². The Balaban J connectivity index is 1.48. The molecule has 1 N–H and O–H groups in total. The Kier molecular flexibility index (Phi) is 8.96. The summed E-state index contributed by atoms with van der Waals surface area (Å²) in [7, 11) is -2.56. The smallest absolute Gasteiger partial charge is 0.248 e. The van der Waals surface area contributed by atoms with Crippen LogP contribution in [0.4, 0.5) is 0 Å². The number of fused-ring (bicyclic) bond motifs is 1. The fourth-order valence-electron chi connectivity index (χ4n) is 5.26. The molecule has 2 atom stereocenters. The third-order valence-corrected chi connectivity index (χ3v) is 9.51. The number of para-hydroxylation sites is 1. The molecule has 1 aliphatic rings. The number of imide groups is 1. The van der Waals surface area contributed by atoms with Crippen molar-refractivity contribution in [3.63, 3.8) is 0 Å². The van der Waals surface area contributed by atoms with Gasteiger partial charge in [0.2, 0.25) is 21.8 Å². The van der Waals surface area contributed by atoms with Gasteiger partial charge in [-0.25, -0.2) is 8.42 Å². The van der Waals surface area contributed by atoms with E-state index in [1.54, 1.807) is 61.8 Å². The van der Waals surface area contributed by atoms with E-state index in [1.807, 2.05) is 37.3 Å². The molecule has 1 aliphatic heterocycles. The number of pyridine rings is 1. The number of rotatable bonds is 9. The van der Waals surface area contributed by atoms with Crippen molar-refractivity contribution < 1.29 is 22.7 Å². The minimum Gasteiger partial charge on any atom is -0.497 e. The maximum Gasteiger partial charge on any atom is 0.248 e. The summed E-state index contributed by atoms with van der Waals surface area (Å²) in [6.07, 6.45) is 1.53. The van der Waals surface area contributed by atoms with Crippen molar-refractivity contribution in [3.8, 4) is 5.75 Å². The van der Waals surface area contributed by atoms with Crippen LogP contribution in [0.1, 0.15) is 24.0 Å². The van der Waals surface area contributed by atoms with Crippen molar-refractivity contribution in [2.24, 2.45) is 0 Å². The second-order valence-corrected chi connectivity index (χ2v) is 12.2. The number of piperazine rings is 1. The van der Waals surface area contributed by atoms with Crippen LogP contribution in [0.25, 0.3) is 10.9 Å². The molecule has 0 bridgehead atoms. The summed E-state index contributed by atoms with van der Waals surface area (Å²) in [6, 6.07) is 24.1. The Hall–Kier alpha value is -4.12. The van der Waals surface area contributed by atoms with Gasteiger partial charge in [-0.3, -0.25) is 19.5 Å². The van der Waals surface area contributed by atoms with E-state index in [4.69, 9.17) is 4.74 Å². The first-order chi connectivity index (χ1) is 20.3. The lowest BCUT2D eigenvalue weighted by atomic mass is 9.99. The molecule has 42 heavy (non-hydrogen) atoms. The number of benzene rings is 3. The zero-order valence-electron chi connectivity index (χ0n) is 23.6. The zero-order chi connectivity index (χ0) is 29.7. The molecule has 5 rings (SSSR count). The van der Waals surface area contributed by atoms with Crippen molar-refractivity contribution in [3.05, 3.63) is 102 Å². The molecule has 2 heterocycles. The molecule has 0 radical (unpaired) electrons. The van der Waals surface area contributed by atoms with Crippen LogP contribution in [0, 0.1) is 0 Å². The highest BCUT2D eigenvalue weighted by molar-refractivity contribution is 7.89. The van der Waals surface area contributed by atoms with Crippen molar-refractivity contribution in [1.29, 1.82) is 0 Å². The molecule has 2 amide bonds. The Morgan fingerprint density at radius 3 is 2.50 bits per heavy atom. The van der Waals surface area contributed by atoms with Crippen LogP contribution in [-0.4, -0.2) is 73.8 Å².